The maximum Gasteiger partial charge on any atom is 0.239 e. The summed E-state index contributed by atoms with van der Waals surface area (Å²) in [5, 5.41) is 2.93. The average Bonchev–Trinajstić information content (AvgIpc) is 2.90. The monoisotopic (exact) mass is 290 g/mol. The first-order valence-electron chi connectivity index (χ1n) is 7.70. The molecule has 0 atom stereocenters. The minimum absolute atomic E-state index is 0.0245. The number of rotatable bonds is 6. The quantitative estimate of drug-likeness (QED) is 0.827. The molecule has 1 amide bonds. The molecule has 21 heavy (non-hydrogen) atoms. The number of aryl methyl sites for hydroxylation is 2. The Labute approximate surface area is 126 Å². The minimum Gasteiger partial charge on any atom is -0.354 e. The van der Waals surface area contributed by atoms with Gasteiger partial charge in [-0.2, -0.15) is 0 Å². The van der Waals surface area contributed by atoms with Crippen molar-refractivity contribution in [3.8, 4) is 0 Å². The number of hydrogen-bond donors (Lipinski definition) is 2. The highest BCUT2D eigenvalue weighted by Crippen LogP contribution is 2.26. The van der Waals surface area contributed by atoms with Crippen molar-refractivity contribution in [1.82, 2.24) is 10.3 Å². The van der Waals surface area contributed by atoms with E-state index in [1.165, 1.54) is 5.56 Å². The summed E-state index contributed by atoms with van der Waals surface area (Å²) in [6.45, 7) is 5.63. The second-order valence-corrected chi connectivity index (χ2v) is 6.19. The Morgan fingerprint density at radius 3 is 2.90 bits per heavy atom. The van der Waals surface area contributed by atoms with E-state index in [9.17, 15) is 4.79 Å². The van der Waals surface area contributed by atoms with Gasteiger partial charge in [-0.25, -0.2) is 4.98 Å². The predicted octanol–water partition coefficient (Wildman–Crippen LogP) is 1.24. The van der Waals surface area contributed by atoms with Crippen LogP contribution in [0.1, 0.15) is 37.1 Å². The number of nitrogens with two attached hydrogens (primary N) is 1. The van der Waals surface area contributed by atoms with Gasteiger partial charge in [-0.3, -0.25) is 4.79 Å². The third kappa shape index (κ3) is 3.94. The van der Waals surface area contributed by atoms with Gasteiger partial charge in [-0.15, -0.1) is 0 Å². The van der Waals surface area contributed by atoms with E-state index in [1.807, 2.05) is 11.9 Å². The van der Waals surface area contributed by atoms with E-state index in [1.54, 1.807) is 0 Å². The smallest absolute Gasteiger partial charge is 0.239 e. The molecule has 1 aromatic heterocycles. The third-order valence-electron chi connectivity index (χ3n) is 3.78. The number of likely N-dealkylation sites (N-methyl/N-ethyl adjacent to an activating group) is 1. The van der Waals surface area contributed by atoms with Crippen molar-refractivity contribution < 1.29 is 4.79 Å². The van der Waals surface area contributed by atoms with Gasteiger partial charge in [0.2, 0.25) is 5.91 Å². The lowest BCUT2D eigenvalue weighted by atomic mass is 10.1. The lowest BCUT2D eigenvalue weighted by Gasteiger charge is -2.22. The Bertz CT molecular complexity index is 513. The second kappa shape index (κ2) is 6.89. The number of fused-ring (bicyclic) bond motifs is 1. The van der Waals surface area contributed by atoms with Crippen molar-refractivity contribution in [3.05, 3.63) is 22.9 Å². The van der Waals surface area contributed by atoms with Crippen molar-refractivity contribution in [3.63, 3.8) is 0 Å². The van der Waals surface area contributed by atoms with Gasteiger partial charge in [0.1, 0.15) is 5.82 Å². The highest BCUT2D eigenvalue weighted by molar-refractivity contribution is 5.81. The van der Waals surface area contributed by atoms with E-state index in [-0.39, 0.29) is 5.91 Å². The van der Waals surface area contributed by atoms with Crippen LogP contribution in [-0.4, -0.2) is 31.0 Å². The fourth-order valence-corrected chi connectivity index (χ4v) is 2.65. The number of pyridine rings is 1. The average molecular weight is 290 g/mol. The van der Waals surface area contributed by atoms with Crippen molar-refractivity contribution in [2.45, 2.75) is 39.7 Å². The SMILES string of the molecule is CC(C)CNC(=O)CN(C)c1nc2c(cc1CN)CCC2. The van der Waals surface area contributed by atoms with Crippen LogP contribution in [0.4, 0.5) is 5.82 Å². The molecule has 0 aliphatic heterocycles. The molecule has 0 radical (unpaired) electrons. The summed E-state index contributed by atoms with van der Waals surface area (Å²) in [5.74, 6) is 1.33. The molecule has 1 aliphatic rings. The van der Waals surface area contributed by atoms with Crippen LogP contribution in [0.5, 0.6) is 0 Å². The summed E-state index contributed by atoms with van der Waals surface area (Å²) >= 11 is 0. The molecule has 0 saturated carbocycles. The Kier molecular flexibility index (Phi) is 5.17. The maximum atomic E-state index is 12.0. The molecule has 0 saturated heterocycles. The lowest BCUT2D eigenvalue weighted by Crippen LogP contribution is -2.37. The van der Waals surface area contributed by atoms with Gasteiger partial charge in [-0.1, -0.05) is 13.8 Å². The molecule has 3 N–H and O–H groups in total. The van der Waals surface area contributed by atoms with Crippen LogP contribution in [0.25, 0.3) is 0 Å². The standard InChI is InChI=1S/C16H26N4O/c1-11(2)9-18-15(21)10-20(3)16-13(8-17)7-12-5-4-6-14(12)19-16/h7,11H,4-6,8-10,17H2,1-3H3,(H,18,21). The molecule has 116 valence electrons. The fraction of sp³-hybridized carbons (Fsp3) is 0.625. The summed E-state index contributed by atoms with van der Waals surface area (Å²) in [5.41, 5.74) is 9.35. The molecule has 5 nitrogen and oxygen atoms in total. The van der Waals surface area contributed by atoms with Crippen molar-refractivity contribution in [1.29, 1.82) is 0 Å². The van der Waals surface area contributed by atoms with Gasteiger partial charge in [-0.05, 0) is 36.8 Å². The zero-order valence-corrected chi connectivity index (χ0v) is 13.3. The first kappa shape index (κ1) is 15.8. The Hall–Kier alpha value is -1.62. The Morgan fingerprint density at radius 2 is 2.24 bits per heavy atom. The van der Waals surface area contributed by atoms with Gasteiger partial charge in [0.25, 0.3) is 0 Å². The van der Waals surface area contributed by atoms with E-state index in [0.717, 1.165) is 36.3 Å². The second-order valence-electron chi connectivity index (χ2n) is 6.19. The number of hydrogen-bond acceptors (Lipinski definition) is 4. The van der Waals surface area contributed by atoms with Crippen LogP contribution in [0.15, 0.2) is 6.07 Å². The molecule has 0 spiro atoms. The molecule has 1 aromatic rings. The van der Waals surface area contributed by atoms with Crippen molar-refractivity contribution in [2.75, 3.05) is 25.0 Å². The van der Waals surface area contributed by atoms with E-state index in [4.69, 9.17) is 10.7 Å². The summed E-state index contributed by atoms with van der Waals surface area (Å²) in [7, 11) is 1.90. The number of aromatic nitrogens is 1. The molecular formula is C16H26N4O. The molecule has 0 aromatic carbocycles. The van der Waals surface area contributed by atoms with Crippen LogP contribution < -0.4 is 16.0 Å². The molecule has 0 unspecified atom stereocenters. The van der Waals surface area contributed by atoms with E-state index in [0.29, 0.717) is 25.6 Å². The molecule has 0 fully saturated rings. The van der Waals surface area contributed by atoms with Gasteiger partial charge in [0.15, 0.2) is 0 Å². The Morgan fingerprint density at radius 1 is 1.48 bits per heavy atom. The summed E-state index contributed by atoms with van der Waals surface area (Å²) in [6, 6.07) is 2.16. The van der Waals surface area contributed by atoms with E-state index >= 15 is 0 Å². The van der Waals surface area contributed by atoms with Crippen LogP contribution in [0, 0.1) is 5.92 Å². The summed E-state index contributed by atoms with van der Waals surface area (Å²) in [6.07, 6.45) is 3.28. The van der Waals surface area contributed by atoms with Crippen LogP contribution in [-0.2, 0) is 24.2 Å². The number of nitrogens with zero attached hydrogens (tertiary/aromatic N) is 2. The number of amides is 1. The topological polar surface area (TPSA) is 71.2 Å². The number of carbonyl (C=O) groups is 1. The van der Waals surface area contributed by atoms with Crippen molar-refractivity contribution >= 4 is 11.7 Å². The number of nitrogens with one attached hydrogen (secondary N) is 1. The van der Waals surface area contributed by atoms with Gasteiger partial charge < -0.3 is 16.0 Å². The predicted molar refractivity (Wildman–Crippen MR) is 85.3 cm³/mol. The minimum atomic E-state index is 0.0245. The van der Waals surface area contributed by atoms with Crippen LogP contribution in [0.3, 0.4) is 0 Å². The summed E-state index contributed by atoms with van der Waals surface area (Å²) in [4.78, 5) is 18.6. The van der Waals surface area contributed by atoms with Gasteiger partial charge in [0, 0.05) is 31.4 Å². The highest BCUT2D eigenvalue weighted by Gasteiger charge is 2.19. The third-order valence-corrected chi connectivity index (χ3v) is 3.78. The molecule has 1 aliphatic carbocycles. The van der Waals surface area contributed by atoms with Gasteiger partial charge >= 0.3 is 0 Å². The van der Waals surface area contributed by atoms with E-state index in [2.05, 4.69) is 25.2 Å². The molecule has 2 rings (SSSR count). The molecular weight excluding hydrogens is 264 g/mol. The fourth-order valence-electron chi connectivity index (χ4n) is 2.65. The zero-order valence-electron chi connectivity index (χ0n) is 13.3. The number of carbonyl (C=O) groups excluding carboxylic acids is 1. The molecule has 5 heteroatoms. The van der Waals surface area contributed by atoms with Crippen LogP contribution >= 0.6 is 0 Å². The van der Waals surface area contributed by atoms with Crippen molar-refractivity contribution in [2.24, 2.45) is 11.7 Å². The number of anilines is 1. The largest absolute Gasteiger partial charge is 0.354 e. The van der Waals surface area contributed by atoms with E-state index < -0.39 is 0 Å². The molecule has 0 bridgehead atoms. The summed E-state index contributed by atoms with van der Waals surface area (Å²) < 4.78 is 0. The lowest BCUT2D eigenvalue weighted by molar-refractivity contribution is -0.119. The first-order valence-corrected chi connectivity index (χ1v) is 7.70. The highest BCUT2D eigenvalue weighted by atomic mass is 16.2. The molecule has 1 heterocycles. The van der Waals surface area contributed by atoms with Gasteiger partial charge in [0.05, 0.1) is 6.54 Å². The van der Waals surface area contributed by atoms with Crippen LogP contribution in [0.2, 0.25) is 0 Å². The first-order chi connectivity index (χ1) is 10.0. The maximum absolute atomic E-state index is 12.0. The normalized spacial score (nSPS) is 13.4. The Balaban J connectivity index is 2.08. The zero-order chi connectivity index (χ0) is 15.4.